The lowest BCUT2D eigenvalue weighted by Crippen LogP contribution is -2.29. The Kier molecular flexibility index (Phi) is 13.3. The zero-order chi connectivity index (χ0) is 27.2. The molecule has 0 fully saturated rings. The van der Waals surface area contributed by atoms with Gasteiger partial charge in [0, 0.05) is 24.5 Å². The Hall–Kier alpha value is -2.78. The van der Waals surface area contributed by atoms with Crippen molar-refractivity contribution >= 4 is 23.4 Å². The van der Waals surface area contributed by atoms with Gasteiger partial charge in [0.1, 0.15) is 18.0 Å². The number of benzene rings is 1. The van der Waals surface area contributed by atoms with Gasteiger partial charge in [0.25, 0.3) is 0 Å². The predicted octanol–water partition coefficient (Wildman–Crippen LogP) is 5.67. The summed E-state index contributed by atoms with van der Waals surface area (Å²) in [5.41, 5.74) is 2.69. The first-order valence-electron chi connectivity index (χ1n) is 12.4. The van der Waals surface area contributed by atoms with Crippen LogP contribution in [0.2, 0.25) is 0 Å². The Morgan fingerprint density at radius 1 is 1.22 bits per heavy atom. The van der Waals surface area contributed by atoms with Crippen molar-refractivity contribution in [3.05, 3.63) is 76.3 Å². The quantitative estimate of drug-likeness (QED) is 0.170. The van der Waals surface area contributed by atoms with Gasteiger partial charge in [-0.2, -0.15) is 0 Å². The van der Waals surface area contributed by atoms with Crippen LogP contribution in [-0.2, 0) is 25.6 Å². The molecule has 1 aromatic carbocycles. The topological polar surface area (TPSA) is 87.1 Å². The molecule has 0 saturated heterocycles. The van der Waals surface area contributed by atoms with Crippen LogP contribution >= 0.6 is 11.3 Å². The summed E-state index contributed by atoms with van der Waals surface area (Å²) >= 11 is 1.58. The standard InChI is InChI=1S/C29H39NO6S/c1-7-28(35-18-24-11-13-26(33-6)14-12-24)22(4)36-29(32)10-8-9-21(3)34-16-15-27(31)20(2)17-25-19-37-23(5)30-25/h7-8,10-14,17,19,21-22,27-28,31H,1,9,15-16,18H2,2-6H3/b10-8+,20-17+/t21-,22-,27-,28+/m0/s1. The minimum atomic E-state index is -0.592. The number of esters is 1. The van der Waals surface area contributed by atoms with E-state index in [-0.39, 0.29) is 6.10 Å². The number of ether oxygens (including phenoxy) is 4. The Labute approximate surface area is 224 Å². The monoisotopic (exact) mass is 529 g/mol. The van der Waals surface area contributed by atoms with Crippen molar-refractivity contribution in [1.82, 2.24) is 4.98 Å². The zero-order valence-electron chi connectivity index (χ0n) is 22.4. The third kappa shape index (κ3) is 11.4. The smallest absolute Gasteiger partial charge is 0.330 e. The van der Waals surface area contributed by atoms with Crippen LogP contribution in [0.25, 0.3) is 6.08 Å². The molecule has 4 atom stereocenters. The summed E-state index contributed by atoms with van der Waals surface area (Å²) in [7, 11) is 1.62. The maximum Gasteiger partial charge on any atom is 0.330 e. The number of rotatable bonds is 16. The predicted molar refractivity (Wildman–Crippen MR) is 148 cm³/mol. The summed E-state index contributed by atoms with van der Waals surface area (Å²) in [6.07, 6.45) is 6.06. The van der Waals surface area contributed by atoms with Crippen LogP contribution < -0.4 is 4.74 Å². The van der Waals surface area contributed by atoms with E-state index in [0.29, 0.717) is 26.1 Å². The van der Waals surface area contributed by atoms with Crippen molar-refractivity contribution in [2.24, 2.45) is 0 Å². The van der Waals surface area contributed by atoms with Crippen LogP contribution in [0.15, 0.2) is 60.0 Å². The molecule has 1 aromatic heterocycles. The first-order valence-corrected chi connectivity index (χ1v) is 13.2. The number of thiazole rings is 1. The second-order valence-corrected chi connectivity index (χ2v) is 9.87. The summed E-state index contributed by atoms with van der Waals surface area (Å²) in [4.78, 5) is 16.6. The second-order valence-electron chi connectivity index (χ2n) is 8.81. The van der Waals surface area contributed by atoms with Crippen molar-refractivity contribution in [3.63, 3.8) is 0 Å². The summed E-state index contributed by atoms with van der Waals surface area (Å²) < 4.78 is 22.3. The van der Waals surface area contributed by atoms with Gasteiger partial charge in [-0.1, -0.05) is 24.3 Å². The highest BCUT2D eigenvalue weighted by atomic mass is 32.1. The van der Waals surface area contributed by atoms with Crippen molar-refractivity contribution in [1.29, 1.82) is 0 Å². The van der Waals surface area contributed by atoms with E-state index < -0.39 is 24.3 Å². The number of hydrogen-bond donors (Lipinski definition) is 1. The average Bonchev–Trinajstić information content (AvgIpc) is 3.28. The molecule has 37 heavy (non-hydrogen) atoms. The number of carbonyl (C=O) groups is 1. The Morgan fingerprint density at radius 2 is 1.95 bits per heavy atom. The van der Waals surface area contributed by atoms with Gasteiger partial charge in [-0.25, -0.2) is 9.78 Å². The molecule has 1 heterocycles. The highest BCUT2D eigenvalue weighted by Gasteiger charge is 2.18. The summed E-state index contributed by atoms with van der Waals surface area (Å²) in [6.45, 7) is 12.1. The van der Waals surface area contributed by atoms with Gasteiger partial charge < -0.3 is 24.1 Å². The molecule has 2 rings (SSSR count). The number of aromatic nitrogens is 1. The number of aryl methyl sites for hydroxylation is 1. The van der Waals surface area contributed by atoms with E-state index in [0.717, 1.165) is 27.6 Å². The molecule has 0 bridgehead atoms. The van der Waals surface area contributed by atoms with Crippen molar-refractivity contribution in [2.45, 2.75) is 71.6 Å². The highest BCUT2D eigenvalue weighted by Crippen LogP contribution is 2.16. The first-order chi connectivity index (χ1) is 17.7. The summed E-state index contributed by atoms with van der Waals surface area (Å²) in [6, 6.07) is 7.57. The van der Waals surface area contributed by atoms with E-state index in [2.05, 4.69) is 11.6 Å². The van der Waals surface area contributed by atoms with E-state index in [4.69, 9.17) is 18.9 Å². The van der Waals surface area contributed by atoms with E-state index in [1.807, 2.05) is 56.5 Å². The SMILES string of the molecule is C=C[C@@H](OCc1ccc(OC)cc1)[C@H](C)OC(=O)/C=C/C[C@H](C)OCC[C@H](O)/C(C)=C/c1csc(C)n1. The van der Waals surface area contributed by atoms with Gasteiger partial charge in [0.2, 0.25) is 0 Å². The molecule has 202 valence electrons. The van der Waals surface area contributed by atoms with Crippen molar-refractivity contribution in [3.8, 4) is 5.75 Å². The van der Waals surface area contributed by atoms with Crippen LogP contribution in [0.1, 0.15) is 49.9 Å². The van der Waals surface area contributed by atoms with Crippen molar-refractivity contribution in [2.75, 3.05) is 13.7 Å². The maximum atomic E-state index is 12.2. The minimum absolute atomic E-state index is 0.104. The number of hydrogen-bond acceptors (Lipinski definition) is 8. The normalized spacial score (nSPS) is 15.2. The van der Waals surface area contributed by atoms with Gasteiger partial charge in [-0.3, -0.25) is 0 Å². The lowest BCUT2D eigenvalue weighted by atomic mass is 10.1. The first kappa shape index (κ1) is 30.4. The molecule has 0 aliphatic rings. The number of methoxy groups -OCH3 is 1. The Balaban J connectivity index is 1.67. The molecular formula is C29H39NO6S. The Bertz CT molecular complexity index is 1030. The average molecular weight is 530 g/mol. The molecule has 0 amide bonds. The molecule has 2 aromatic rings. The highest BCUT2D eigenvalue weighted by molar-refractivity contribution is 7.09. The molecular weight excluding hydrogens is 490 g/mol. The molecule has 8 heteroatoms. The summed E-state index contributed by atoms with van der Waals surface area (Å²) in [5.74, 6) is 0.327. The third-order valence-electron chi connectivity index (χ3n) is 5.65. The number of nitrogens with zero attached hydrogens (tertiary/aromatic N) is 1. The lowest BCUT2D eigenvalue weighted by molar-refractivity contribution is -0.148. The van der Waals surface area contributed by atoms with E-state index >= 15 is 0 Å². The molecule has 7 nitrogen and oxygen atoms in total. The van der Waals surface area contributed by atoms with Crippen LogP contribution in [-0.4, -0.2) is 54.2 Å². The number of aliphatic hydroxyl groups excluding tert-OH is 1. The fourth-order valence-corrected chi connectivity index (χ4v) is 3.98. The molecule has 0 saturated carbocycles. The van der Waals surface area contributed by atoms with E-state index in [9.17, 15) is 9.90 Å². The largest absolute Gasteiger partial charge is 0.497 e. The molecule has 0 radical (unpaired) electrons. The fourth-order valence-electron chi connectivity index (χ4n) is 3.41. The van der Waals surface area contributed by atoms with Gasteiger partial charge in [0.15, 0.2) is 0 Å². The van der Waals surface area contributed by atoms with E-state index in [1.165, 1.54) is 6.08 Å². The van der Waals surface area contributed by atoms with Gasteiger partial charge >= 0.3 is 5.97 Å². The number of carbonyl (C=O) groups excluding carboxylic acids is 1. The van der Waals surface area contributed by atoms with Gasteiger partial charge in [0.05, 0.1) is 36.6 Å². The van der Waals surface area contributed by atoms with Crippen LogP contribution in [0.5, 0.6) is 5.75 Å². The fraction of sp³-hybridized carbons (Fsp3) is 0.448. The zero-order valence-corrected chi connectivity index (χ0v) is 23.2. The van der Waals surface area contributed by atoms with Crippen LogP contribution in [0.4, 0.5) is 0 Å². The second kappa shape index (κ2) is 16.1. The number of aliphatic hydroxyl groups is 1. The molecule has 0 spiro atoms. The minimum Gasteiger partial charge on any atom is -0.497 e. The van der Waals surface area contributed by atoms with Gasteiger partial charge in [-0.05, 0) is 63.5 Å². The molecule has 0 aliphatic carbocycles. The Morgan fingerprint density at radius 3 is 2.57 bits per heavy atom. The van der Waals surface area contributed by atoms with Crippen molar-refractivity contribution < 1.29 is 28.8 Å². The van der Waals surface area contributed by atoms with Gasteiger partial charge in [-0.15, -0.1) is 17.9 Å². The molecule has 0 aliphatic heterocycles. The molecule has 0 unspecified atom stereocenters. The third-order valence-corrected chi connectivity index (χ3v) is 6.44. The summed E-state index contributed by atoms with van der Waals surface area (Å²) in [5, 5.41) is 13.3. The van der Waals surface area contributed by atoms with Crippen LogP contribution in [0, 0.1) is 6.92 Å². The van der Waals surface area contributed by atoms with E-state index in [1.54, 1.807) is 37.5 Å². The molecule has 1 N–H and O–H groups in total. The van der Waals surface area contributed by atoms with Crippen LogP contribution in [0.3, 0.4) is 0 Å². The lowest BCUT2D eigenvalue weighted by Gasteiger charge is -2.21. The maximum absolute atomic E-state index is 12.2.